The molecule has 7 nitrogen and oxygen atoms in total. The molecule has 1 aliphatic carbocycles. The van der Waals surface area contributed by atoms with Gasteiger partial charge in [0.1, 0.15) is 6.61 Å². The largest absolute Gasteiger partial charge is 0.477 e. The van der Waals surface area contributed by atoms with E-state index in [-0.39, 0.29) is 31.4 Å². The summed E-state index contributed by atoms with van der Waals surface area (Å²) in [5, 5.41) is 12.9. The van der Waals surface area contributed by atoms with Crippen molar-refractivity contribution in [3.05, 3.63) is 59.7 Å². The second-order valence-electron chi connectivity index (χ2n) is 8.14. The van der Waals surface area contributed by atoms with Crippen LogP contribution in [0.3, 0.4) is 0 Å². The van der Waals surface area contributed by atoms with Crippen molar-refractivity contribution in [2.75, 3.05) is 19.7 Å². The minimum absolute atomic E-state index is 0.0466. The number of carbonyl (C=O) groups is 3. The van der Waals surface area contributed by atoms with Gasteiger partial charge in [-0.25, -0.2) is 9.59 Å². The second-order valence-corrected chi connectivity index (χ2v) is 8.14. The third-order valence-electron chi connectivity index (χ3n) is 5.60. The number of hydrogen-bond acceptors (Lipinski definition) is 4. The molecule has 0 saturated carbocycles. The standard InChI is InChI=1S/C24H26F2N2O5/c1-15(12-21(29)28-14-24(25,26)22(30)31)10-11-27-23(32)33-13-20-18-8-4-2-6-16(18)17-7-3-5-9-19(17)20/h2-9,15,20H,10-14H2,1H3,(H,27,32)(H,28,29)(H,30,31). The van der Waals surface area contributed by atoms with Gasteiger partial charge in [-0.1, -0.05) is 55.5 Å². The number of nitrogens with one attached hydrogen (secondary N) is 2. The van der Waals surface area contributed by atoms with Gasteiger partial charge < -0.3 is 20.5 Å². The van der Waals surface area contributed by atoms with Gasteiger partial charge in [0.25, 0.3) is 0 Å². The van der Waals surface area contributed by atoms with Crippen LogP contribution >= 0.6 is 0 Å². The Morgan fingerprint density at radius 2 is 1.61 bits per heavy atom. The molecular weight excluding hydrogens is 434 g/mol. The fourth-order valence-corrected chi connectivity index (χ4v) is 3.85. The number of fused-ring (bicyclic) bond motifs is 3. The molecule has 0 bridgehead atoms. The Balaban J connectivity index is 1.40. The quantitative estimate of drug-likeness (QED) is 0.501. The molecule has 1 atom stereocenters. The Hall–Kier alpha value is -3.49. The van der Waals surface area contributed by atoms with Crippen molar-refractivity contribution < 1.29 is 33.0 Å². The molecular formula is C24H26F2N2O5. The maximum absolute atomic E-state index is 13.0. The van der Waals surface area contributed by atoms with E-state index in [1.807, 2.05) is 41.7 Å². The van der Waals surface area contributed by atoms with E-state index >= 15 is 0 Å². The van der Waals surface area contributed by atoms with Crippen molar-refractivity contribution in [3.8, 4) is 11.1 Å². The lowest BCUT2D eigenvalue weighted by atomic mass is 9.98. The maximum Gasteiger partial charge on any atom is 0.407 e. The highest BCUT2D eigenvalue weighted by Gasteiger charge is 2.39. The van der Waals surface area contributed by atoms with Crippen LogP contribution in [0.5, 0.6) is 0 Å². The summed E-state index contributed by atoms with van der Waals surface area (Å²) in [5.41, 5.74) is 4.49. The summed E-state index contributed by atoms with van der Waals surface area (Å²) < 4.78 is 31.5. The number of carboxylic acid groups (broad SMARTS) is 1. The van der Waals surface area contributed by atoms with Crippen LogP contribution in [0.15, 0.2) is 48.5 Å². The van der Waals surface area contributed by atoms with Crippen molar-refractivity contribution in [2.24, 2.45) is 5.92 Å². The number of rotatable bonds is 10. The van der Waals surface area contributed by atoms with Crippen molar-refractivity contribution in [1.82, 2.24) is 10.6 Å². The van der Waals surface area contributed by atoms with Crippen LogP contribution in [-0.2, 0) is 14.3 Å². The summed E-state index contributed by atoms with van der Waals surface area (Å²) in [6, 6.07) is 16.0. The van der Waals surface area contributed by atoms with Gasteiger partial charge in [0.2, 0.25) is 5.91 Å². The first-order chi connectivity index (χ1) is 15.7. The van der Waals surface area contributed by atoms with Crippen LogP contribution in [0.1, 0.15) is 36.8 Å². The van der Waals surface area contributed by atoms with E-state index < -0.39 is 30.4 Å². The summed E-state index contributed by atoms with van der Waals surface area (Å²) in [5.74, 6) is -7.23. The van der Waals surface area contributed by atoms with E-state index in [4.69, 9.17) is 9.84 Å². The fraction of sp³-hybridized carbons (Fsp3) is 0.375. The van der Waals surface area contributed by atoms with Gasteiger partial charge in [0.05, 0.1) is 6.54 Å². The highest BCUT2D eigenvalue weighted by molar-refractivity contribution is 5.80. The summed E-state index contributed by atoms with van der Waals surface area (Å²) in [7, 11) is 0. The van der Waals surface area contributed by atoms with Crippen molar-refractivity contribution >= 4 is 18.0 Å². The fourth-order valence-electron chi connectivity index (χ4n) is 3.85. The first kappa shape index (κ1) is 24.2. The number of alkyl carbamates (subject to hydrolysis) is 1. The lowest BCUT2D eigenvalue weighted by Crippen LogP contribution is -2.42. The molecule has 0 spiro atoms. The van der Waals surface area contributed by atoms with Crippen LogP contribution in [0, 0.1) is 5.92 Å². The molecule has 2 amide bonds. The Labute approximate surface area is 190 Å². The molecule has 0 heterocycles. The molecule has 0 fully saturated rings. The van der Waals surface area contributed by atoms with Crippen molar-refractivity contribution in [1.29, 1.82) is 0 Å². The van der Waals surface area contributed by atoms with Gasteiger partial charge >= 0.3 is 18.0 Å². The first-order valence-electron chi connectivity index (χ1n) is 10.7. The predicted octanol–water partition coefficient (Wildman–Crippen LogP) is 3.78. The van der Waals surface area contributed by atoms with Crippen LogP contribution < -0.4 is 10.6 Å². The Morgan fingerprint density at radius 1 is 1.03 bits per heavy atom. The molecule has 176 valence electrons. The SMILES string of the molecule is CC(CCNC(=O)OCC1c2ccccc2-c2ccccc21)CC(=O)NCC(F)(F)C(=O)O. The Bertz CT molecular complexity index is 982. The molecule has 33 heavy (non-hydrogen) atoms. The number of carbonyl (C=O) groups excluding carboxylic acids is 2. The number of halogens is 2. The number of amides is 2. The zero-order valence-corrected chi connectivity index (χ0v) is 18.1. The van der Waals surface area contributed by atoms with E-state index in [0.29, 0.717) is 6.42 Å². The van der Waals surface area contributed by atoms with Gasteiger partial charge in [-0.2, -0.15) is 8.78 Å². The Kier molecular flexibility index (Phi) is 7.63. The van der Waals surface area contributed by atoms with Gasteiger partial charge in [0.15, 0.2) is 0 Å². The van der Waals surface area contributed by atoms with E-state index in [2.05, 4.69) is 17.4 Å². The van der Waals surface area contributed by atoms with E-state index in [1.54, 1.807) is 6.92 Å². The smallest absolute Gasteiger partial charge is 0.407 e. The molecule has 0 aliphatic heterocycles. The van der Waals surface area contributed by atoms with Gasteiger partial charge in [-0.05, 0) is 34.6 Å². The molecule has 2 aromatic carbocycles. The number of aliphatic carboxylic acids is 1. The zero-order chi connectivity index (χ0) is 24.0. The molecule has 3 rings (SSSR count). The molecule has 0 radical (unpaired) electrons. The van der Waals surface area contributed by atoms with Crippen LogP contribution in [0.4, 0.5) is 13.6 Å². The van der Waals surface area contributed by atoms with Gasteiger partial charge in [0, 0.05) is 18.9 Å². The Morgan fingerprint density at radius 3 is 2.18 bits per heavy atom. The van der Waals surface area contributed by atoms with Crippen LogP contribution in [0.25, 0.3) is 11.1 Å². The van der Waals surface area contributed by atoms with Gasteiger partial charge in [-0.3, -0.25) is 4.79 Å². The number of ether oxygens (including phenoxy) is 1. The van der Waals surface area contributed by atoms with Crippen LogP contribution in [-0.4, -0.2) is 48.7 Å². The van der Waals surface area contributed by atoms with E-state index in [0.717, 1.165) is 22.3 Å². The lowest BCUT2D eigenvalue weighted by molar-refractivity contribution is -0.164. The number of benzene rings is 2. The molecule has 0 saturated heterocycles. The number of carboxylic acids is 1. The minimum atomic E-state index is -4.01. The lowest BCUT2D eigenvalue weighted by Gasteiger charge is -2.16. The highest BCUT2D eigenvalue weighted by Crippen LogP contribution is 2.44. The summed E-state index contributed by atoms with van der Waals surface area (Å²) in [6.07, 6.45) is -0.218. The molecule has 2 aromatic rings. The summed E-state index contributed by atoms with van der Waals surface area (Å²) in [4.78, 5) is 34.2. The molecule has 0 aromatic heterocycles. The summed E-state index contributed by atoms with van der Waals surface area (Å²) in [6.45, 7) is 0.909. The third-order valence-corrected chi connectivity index (χ3v) is 5.60. The number of alkyl halides is 2. The minimum Gasteiger partial charge on any atom is -0.477 e. The average molecular weight is 460 g/mol. The summed E-state index contributed by atoms with van der Waals surface area (Å²) >= 11 is 0. The molecule has 1 unspecified atom stereocenters. The van der Waals surface area contributed by atoms with Crippen LogP contribution in [0.2, 0.25) is 0 Å². The first-order valence-corrected chi connectivity index (χ1v) is 10.7. The molecule has 3 N–H and O–H groups in total. The molecule has 9 heteroatoms. The normalized spacial score (nSPS) is 13.5. The predicted molar refractivity (Wildman–Crippen MR) is 117 cm³/mol. The van der Waals surface area contributed by atoms with Crippen molar-refractivity contribution in [2.45, 2.75) is 31.6 Å². The van der Waals surface area contributed by atoms with Crippen molar-refractivity contribution in [3.63, 3.8) is 0 Å². The monoisotopic (exact) mass is 460 g/mol. The van der Waals surface area contributed by atoms with E-state index in [1.165, 1.54) is 0 Å². The maximum atomic E-state index is 13.0. The number of hydrogen-bond donors (Lipinski definition) is 3. The highest BCUT2D eigenvalue weighted by atomic mass is 19.3. The molecule has 1 aliphatic rings. The second kappa shape index (κ2) is 10.4. The zero-order valence-electron chi connectivity index (χ0n) is 18.1. The van der Waals surface area contributed by atoms with Gasteiger partial charge in [-0.15, -0.1) is 0 Å². The third kappa shape index (κ3) is 6.06. The van der Waals surface area contributed by atoms with E-state index in [9.17, 15) is 23.2 Å². The average Bonchev–Trinajstić information content (AvgIpc) is 3.10. The topological polar surface area (TPSA) is 105 Å².